The van der Waals surface area contributed by atoms with Crippen LogP contribution in [0.4, 0.5) is 4.39 Å². The highest BCUT2D eigenvalue weighted by Crippen LogP contribution is 2.27. The maximum absolute atomic E-state index is 13.3. The molecule has 1 aliphatic rings. The number of rotatable bonds is 6. The molecule has 7 heteroatoms. The van der Waals surface area contributed by atoms with Crippen molar-refractivity contribution in [2.75, 3.05) is 13.1 Å². The van der Waals surface area contributed by atoms with Crippen molar-refractivity contribution in [3.63, 3.8) is 0 Å². The zero-order chi connectivity index (χ0) is 25.1. The van der Waals surface area contributed by atoms with Crippen LogP contribution < -0.4 is 5.32 Å². The number of halogens is 1. The predicted octanol–water partition coefficient (Wildman–Crippen LogP) is 5.50. The van der Waals surface area contributed by atoms with Gasteiger partial charge in [0.05, 0.1) is 0 Å². The Morgan fingerprint density at radius 1 is 1.06 bits per heavy atom. The summed E-state index contributed by atoms with van der Waals surface area (Å²) in [7, 11) is 0. The normalized spacial score (nSPS) is 14.2. The molecule has 2 amide bonds. The van der Waals surface area contributed by atoms with Gasteiger partial charge >= 0.3 is 0 Å². The summed E-state index contributed by atoms with van der Waals surface area (Å²) in [6.45, 7) is 3.54. The number of fused-ring (bicyclic) bond motifs is 1. The number of aromatic nitrogens is 1. The Kier molecular flexibility index (Phi) is 6.80. The van der Waals surface area contributed by atoms with Crippen molar-refractivity contribution >= 4 is 22.9 Å². The Labute approximate surface area is 209 Å². The highest BCUT2D eigenvalue weighted by molar-refractivity contribution is 5.97. The molecule has 0 atom stereocenters. The minimum absolute atomic E-state index is 0.0363. The summed E-state index contributed by atoms with van der Waals surface area (Å²) < 4.78 is 19.2. The molecular formula is C29H28FN3O3. The van der Waals surface area contributed by atoms with Crippen molar-refractivity contribution in [2.24, 2.45) is 5.92 Å². The number of amides is 2. The second kappa shape index (κ2) is 10.3. The molecule has 184 valence electrons. The zero-order valence-corrected chi connectivity index (χ0v) is 20.2. The second-order valence-electron chi connectivity index (χ2n) is 9.41. The lowest BCUT2D eigenvalue weighted by atomic mass is 9.92. The summed E-state index contributed by atoms with van der Waals surface area (Å²) in [6.07, 6.45) is 1.94. The first-order valence-electron chi connectivity index (χ1n) is 12.2. The molecule has 1 saturated heterocycles. The van der Waals surface area contributed by atoms with Gasteiger partial charge in [0.1, 0.15) is 11.3 Å². The Bertz CT molecular complexity index is 1390. The minimum atomic E-state index is -0.312. The highest BCUT2D eigenvalue weighted by atomic mass is 19.1. The molecule has 1 aromatic heterocycles. The van der Waals surface area contributed by atoms with Crippen molar-refractivity contribution in [3.05, 3.63) is 89.2 Å². The van der Waals surface area contributed by atoms with E-state index in [0.29, 0.717) is 48.6 Å². The summed E-state index contributed by atoms with van der Waals surface area (Å²) in [5.41, 5.74) is 4.67. The summed E-state index contributed by atoms with van der Waals surface area (Å²) >= 11 is 0. The van der Waals surface area contributed by atoms with Crippen LogP contribution in [0.3, 0.4) is 0 Å². The molecule has 36 heavy (non-hydrogen) atoms. The van der Waals surface area contributed by atoms with Crippen molar-refractivity contribution in [2.45, 2.75) is 32.7 Å². The van der Waals surface area contributed by atoms with Crippen LogP contribution in [0.1, 0.15) is 40.7 Å². The van der Waals surface area contributed by atoms with Gasteiger partial charge in [0, 0.05) is 37.2 Å². The van der Waals surface area contributed by atoms with Crippen LogP contribution in [0.25, 0.3) is 22.6 Å². The van der Waals surface area contributed by atoms with Gasteiger partial charge in [-0.2, -0.15) is 0 Å². The predicted molar refractivity (Wildman–Crippen MR) is 136 cm³/mol. The topological polar surface area (TPSA) is 75.4 Å². The number of oxazole rings is 1. The number of benzene rings is 3. The molecule has 0 saturated carbocycles. The quantitative estimate of drug-likeness (QED) is 0.391. The van der Waals surface area contributed by atoms with Crippen LogP contribution in [0, 0.1) is 18.7 Å². The number of nitrogens with one attached hydrogen (secondary N) is 1. The first-order chi connectivity index (χ1) is 17.4. The third-order valence-electron chi connectivity index (χ3n) is 6.69. The molecule has 1 N–H and O–H groups in total. The lowest BCUT2D eigenvalue weighted by Crippen LogP contribution is -2.39. The minimum Gasteiger partial charge on any atom is -0.436 e. The van der Waals surface area contributed by atoms with E-state index >= 15 is 0 Å². The molecule has 5 rings (SSSR count). The molecule has 0 aliphatic carbocycles. The Hall–Kier alpha value is -4.00. The average Bonchev–Trinajstić information content (AvgIpc) is 3.31. The first-order valence-corrected chi connectivity index (χ1v) is 12.2. The van der Waals surface area contributed by atoms with E-state index in [2.05, 4.69) is 10.3 Å². The van der Waals surface area contributed by atoms with Gasteiger partial charge in [0.25, 0.3) is 5.91 Å². The smallest absolute Gasteiger partial charge is 0.253 e. The van der Waals surface area contributed by atoms with Crippen molar-refractivity contribution in [3.8, 4) is 11.5 Å². The number of carbonyl (C=O) groups is 2. The van der Waals surface area contributed by atoms with E-state index in [4.69, 9.17) is 4.42 Å². The summed E-state index contributed by atoms with van der Waals surface area (Å²) in [6, 6.07) is 19.5. The van der Waals surface area contributed by atoms with Gasteiger partial charge < -0.3 is 14.6 Å². The van der Waals surface area contributed by atoms with Gasteiger partial charge in [-0.15, -0.1) is 0 Å². The summed E-state index contributed by atoms with van der Waals surface area (Å²) in [5, 5.41) is 2.86. The Balaban J connectivity index is 1.15. The van der Waals surface area contributed by atoms with Crippen molar-refractivity contribution in [1.29, 1.82) is 0 Å². The van der Waals surface area contributed by atoms with E-state index in [1.165, 1.54) is 12.1 Å². The zero-order valence-electron chi connectivity index (χ0n) is 20.2. The van der Waals surface area contributed by atoms with Crippen LogP contribution >= 0.6 is 0 Å². The Morgan fingerprint density at radius 2 is 1.83 bits per heavy atom. The number of likely N-dealkylation sites (tertiary alicyclic amines) is 1. The highest BCUT2D eigenvalue weighted by Gasteiger charge is 2.25. The maximum Gasteiger partial charge on any atom is 0.253 e. The van der Waals surface area contributed by atoms with E-state index in [1.54, 1.807) is 30.3 Å². The van der Waals surface area contributed by atoms with Crippen molar-refractivity contribution in [1.82, 2.24) is 15.2 Å². The second-order valence-corrected chi connectivity index (χ2v) is 9.41. The largest absolute Gasteiger partial charge is 0.436 e. The lowest BCUT2D eigenvalue weighted by molar-refractivity contribution is -0.122. The summed E-state index contributed by atoms with van der Waals surface area (Å²) in [4.78, 5) is 31.9. The van der Waals surface area contributed by atoms with E-state index < -0.39 is 0 Å². The number of nitrogens with zero attached hydrogens (tertiary/aromatic N) is 2. The molecule has 2 heterocycles. The van der Waals surface area contributed by atoms with Crippen LogP contribution in [-0.2, 0) is 11.3 Å². The number of hydrogen-bond donors (Lipinski definition) is 1. The molecule has 6 nitrogen and oxygen atoms in total. The SMILES string of the molecule is Cc1ccc(-c2nc3cc(C(=O)N4CCC(CC(=O)NCc5cccc(F)c5)CC4)ccc3o2)cc1. The van der Waals surface area contributed by atoms with E-state index in [9.17, 15) is 14.0 Å². The van der Waals surface area contributed by atoms with Gasteiger partial charge in [0.2, 0.25) is 11.8 Å². The van der Waals surface area contributed by atoms with Crippen LogP contribution in [-0.4, -0.2) is 34.8 Å². The van der Waals surface area contributed by atoms with E-state index in [-0.39, 0.29) is 23.5 Å². The molecule has 0 spiro atoms. The van der Waals surface area contributed by atoms with Crippen molar-refractivity contribution < 1.29 is 18.4 Å². The number of aryl methyl sites for hydroxylation is 1. The summed E-state index contributed by atoms with van der Waals surface area (Å²) in [5.74, 6) is 0.353. The molecule has 0 bridgehead atoms. The van der Waals surface area contributed by atoms with Gasteiger partial charge in [-0.1, -0.05) is 29.8 Å². The van der Waals surface area contributed by atoms with Crippen LogP contribution in [0.5, 0.6) is 0 Å². The third-order valence-corrected chi connectivity index (χ3v) is 6.69. The first kappa shape index (κ1) is 23.7. The molecular weight excluding hydrogens is 457 g/mol. The monoisotopic (exact) mass is 485 g/mol. The maximum atomic E-state index is 13.3. The average molecular weight is 486 g/mol. The molecule has 1 aliphatic heterocycles. The lowest BCUT2D eigenvalue weighted by Gasteiger charge is -2.31. The molecule has 1 fully saturated rings. The number of carbonyl (C=O) groups excluding carboxylic acids is 2. The van der Waals surface area contributed by atoms with Gasteiger partial charge in [-0.25, -0.2) is 9.37 Å². The van der Waals surface area contributed by atoms with Crippen LogP contribution in [0.15, 0.2) is 71.1 Å². The fraction of sp³-hybridized carbons (Fsp3) is 0.276. The number of hydrogen-bond acceptors (Lipinski definition) is 4. The standard InChI is InChI=1S/C29H28FN3O3/c1-19-5-7-22(8-6-19)28-32-25-17-23(9-10-26(25)36-28)29(35)33-13-11-20(12-14-33)16-27(34)31-18-21-3-2-4-24(30)15-21/h2-10,15,17,20H,11-14,16,18H2,1H3,(H,31,34). The van der Waals surface area contributed by atoms with Gasteiger partial charge in [0.15, 0.2) is 5.58 Å². The van der Waals surface area contributed by atoms with Gasteiger partial charge in [-0.3, -0.25) is 9.59 Å². The van der Waals surface area contributed by atoms with Gasteiger partial charge in [-0.05, 0) is 73.7 Å². The molecule has 3 aromatic carbocycles. The van der Waals surface area contributed by atoms with E-state index in [1.807, 2.05) is 36.1 Å². The fourth-order valence-corrected chi connectivity index (χ4v) is 4.58. The fourth-order valence-electron chi connectivity index (χ4n) is 4.58. The van der Waals surface area contributed by atoms with Crippen LogP contribution in [0.2, 0.25) is 0 Å². The number of piperidine rings is 1. The molecule has 0 unspecified atom stereocenters. The molecule has 0 radical (unpaired) electrons. The Morgan fingerprint density at radius 3 is 2.58 bits per heavy atom. The van der Waals surface area contributed by atoms with E-state index in [0.717, 1.165) is 29.5 Å². The molecule has 4 aromatic rings. The third kappa shape index (κ3) is 5.46.